The fourth-order valence-electron chi connectivity index (χ4n) is 2.88. The molecule has 1 aromatic heterocycles. The van der Waals surface area contributed by atoms with Gasteiger partial charge in [0.2, 0.25) is 5.91 Å². The van der Waals surface area contributed by atoms with Gasteiger partial charge in [0.25, 0.3) is 5.22 Å². The molecule has 2 aromatic carbocycles. The number of benzene rings is 2. The molecule has 1 amide bonds. The van der Waals surface area contributed by atoms with Gasteiger partial charge >= 0.3 is 0 Å². The molecule has 0 bridgehead atoms. The fourth-order valence-corrected chi connectivity index (χ4v) is 3.62. The highest BCUT2D eigenvalue weighted by molar-refractivity contribution is 7.99. The number of carbonyl (C=O) groups is 1. The molecule has 0 aliphatic carbocycles. The molecule has 0 radical (unpaired) electrons. The second-order valence-electron chi connectivity index (χ2n) is 5.99. The lowest BCUT2D eigenvalue weighted by Crippen LogP contribution is -2.43. The highest BCUT2D eigenvalue weighted by atomic mass is 32.2. The standard InChI is InChI=1S/C19H17FN2O3S/c20-14-7-5-13(6-8-14)17-11-22(9-10-24-17)18(23)12-26-19-21-15-3-1-2-4-16(15)25-19/h1-8,17H,9-12H2. The molecule has 1 saturated heterocycles. The van der Waals surface area contributed by atoms with Gasteiger partial charge in [0.05, 0.1) is 18.9 Å². The Hall–Kier alpha value is -2.38. The van der Waals surface area contributed by atoms with Crippen LogP contribution in [0.25, 0.3) is 11.1 Å². The molecule has 0 saturated carbocycles. The van der Waals surface area contributed by atoms with Crippen LogP contribution in [0.1, 0.15) is 11.7 Å². The number of aromatic nitrogens is 1. The van der Waals surface area contributed by atoms with Crippen molar-refractivity contribution < 1.29 is 18.3 Å². The van der Waals surface area contributed by atoms with Gasteiger partial charge in [-0.15, -0.1) is 0 Å². The number of ether oxygens (including phenoxy) is 1. The van der Waals surface area contributed by atoms with Crippen molar-refractivity contribution in [1.29, 1.82) is 0 Å². The van der Waals surface area contributed by atoms with Crippen LogP contribution >= 0.6 is 11.8 Å². The van der Waals surface area contributed by atoms with Gasteiger partial charge in [0.15, 0.2) is 5.58 Å². The summed E-state index contributed by atoms with van der Waals surface area (Å²) in [6, 6.07) is 13.7. The number of amides is 1. The number of para-hydroxylation sites is 2. The summed E-state index contributed by atoms with van der Waals surface area (Å²) >= 11 is 1.29. The van der Waals surface area contributed by atoms with E-state index in [-0.39, 0.29) is 23.6 Å². The lowest BCUT2D eigenvalue weighted by atomic mass is 10.1. The molecule has 134 valence electrons. The van der Waals surface area contributed by atoms with Crippen LogP contribution in [0.3, 0.4) is 0 Å². The zero-order valence-corrected chi connectivity index (χ0v) is 14.7. The Labute approximate surface area is 154 Å². The second-order valence-corrected chi connectivity index (χ2v) is 6.91. The number of morpholine rings is 1. The van der Waals surface area contributed by atoms with E-state index in [0.29, 0.717) is 30.5 Å². The third-order valence-corrected chi connectivity index (χ3v) is 5.07. The van der Waals surface area contributed by atoms with E-state index in [1.165, 1.54) is 23.9 Å². The van der Waals surface area contributed by atoms with Crippen LogP contribution in [0.5, 0.6) is 0 Å². The van der Waals surface area contributed by atoms with Gasteiger partial charge in [-0.3, -0.25) is 4.79 Å². The largest absolute Gasteiger partial charge is 0.431 e. The predicted octanol–water partition coefficient (Wildman–Crippen LogP) is 3.66. The van der Waals surface area contributed by atoms with E-state index >= 15 is 0 Å². The number of fused-ring (bicyclic) bond motifs is 1. The van der Waals surface area contributed by atoms with E-state index < -0.39 is 0 Å². The smallest absolute Gasteiger partial charge is 0.257 e. The first-order valence-electron chi connectivity index (χ1n) is 8.32. The van der Waals surface area contributed by atoms with Crippen LogP contribution in [-0.2, 0) is 9.53 Å². The topological polar surface area (TPSA) is 55.6 Å². The Kier molecular flexibility index (Phi) is 4.90. The van der Waals surface area contributed by atoms with E-state index in [2.05, 4.69) is 4.98 Å². The van der Waals surface area contributed by atoms with E-state index in [0.717, 1.165) is 11.1 Å². The summed E-state index contributed by atoms with van der Waals surface area (Å²) in [6.07, 6.45) is -0.234. The number of hydrogen-bond acceptors (Lipinski definition) is 5. The van der Waals surface area contributed by atoms with Gasteiger partial charge < -0.3 is 14.1 Å². The molecule has 5 nitrogen and oxygen atoms in total. The van der Waals surface area contributed by atoms with Crippen molar-refractivity contribution in [2.24, 2.45) is 0 Å². The van der Waals surface area contributed by atoms with Crippen molar-refractivity contribution in [2.45, 2.75) is 11.3 Å². The second kappa shape index (κ2) is 7.47. The van der Waals surface area contributed by atoms with Crippen molar-refractivity contribution in [3.63, 3.8) is 0 Å². The molecule has 0 spiro atoms. The van der Waals surface area contributed by atoms with Crippen LogP contribution in [0.15, 0.2) is 58.2 Å². The summed E-state index contributed by atoms with van der Waals surface area (Å²) in [6.45, 7) is 1.46. The number of oxazole rings is 1. The molecular formula is C19H17FN2O3S. The van der Waals surface area contributed by atoms with Gasteiger partial charge in [-0.1, -0.05) is 36.0 Å². The van der Waals surface area contributed by atoms with Crippen LogP contribution in [0.4, 0.5) is 4.39 Å². The third kappa shape index (κ3) is 3.73. The molecule has 1 unspecified atom stereocenters. The van der Waals surface area contributed by atoms with Crippen molar-refractivity contribution in [3.8, 4) is 0 Å². The van der Waals surface area contributed by atoms with Crippen molar-refractivity contribution in [3.05, 3.63) is 59.9 Å². The quantitative estimate of drug-likeness (QED) is 0.654. The van der Waals surface area contributed by atoms with Crippen molar-refractivity contribution in [1.82, 2.24) is 9.88 Å². The number of thioether (sulfide) groups is 1. The number of rotatable bonds is 4. The van der Waals surface area contributed by atoms with Gasteiger partial charge in [-0.2, -0.15) is 0 Å². The monoisotopic (exact) mass is 372 g/mol. The SMILES string of the molecule is O=C(CSc1nc2ccccc2o1)N1CCOC(c2ccc(F)cc2)C1. The first-order chi connectivity index (χ1) is 12.7. The maximum Gasteiger partial charge on any atom is 0.257 e. The summed E-state index contributed by atoms with van der Waals surface area (Å²) < 4.78 is 24.4. The molecular weight excluding hydrogens is 355 g/mol. The van der Waals surface area contributed by atoms with Gasteiger partial charge in [-0.25, -0.2) is 9.37 Å². The molecule has 4 rings (SSSR count). The first kappa shape index (κ1) is 17.1. The molecule has 2 heterocycles. The molecule has 1 fully saturated rings. The maximum atomic E-state index is 13.1. The van der Waals surface area contributed by atoms with Crippen molar-refractivity contribution in [2.75, 3.05) is 25.4 Å². The summed E-state index contributed by atoms with van der Waals surface area (Å²) in [4.78, 5) is 18.7. The lowest BCUT2D eigenvalue weighted by Gasteiger charge is -2.33. The Bertz CT molecular complexity index is 880. The predicted molar refractivity (Wildman–Crippen MR) is 96.4 cm³/mol. The van der Waals surface area contributed by atoms with Gasteiger partial charge in [-0.05, 0) is 29.8 Å². The minimum Gasteiger partial charge on any atom is -0.431 e. The average molecular weight is 372 g/mol. The summed E-state index contributed by atoms with van der Waals surface area (Å²) in [5, 5.41) is 0.489. The van der Waals surface area contributed by atoms with Crippen LogP contribution in [0, 0.1) is 5.82 Å². The van der Waals surface area contributed by atoms with Crippen molar-refractivity contribution >= 4 is 28.8 Å². The van der Waals surface area contributed by atoms with E-state index in [1.54, 1.807) is 17.0 Å². The molecule has 1 aliphatic heterocycles. The van der Waals surface area contributed by atoms with Crippen LogP contribution < -0.4 is 0 Å². The lowest BCUT2D eigenvalue weighted by molar-refractivity contribution is -0.136. The Morgan fingerprint density at radius 1 is 1.23 bits per heavy atom. The number of carbonyl (C=O) groups excluding carboxylic acids is 1. The zero-order valence-electron chi connectivity index (χ0n) is 13.9. The number of halogens is 1. The minimum absolute atomic E-state index is 0.00710. The average Bonchev–Trinajstić information content (AvgIpc) is 3.10. The highest BCUT2D eigenvalue weighted by Crippen LogP contribution is 2.26. The molecule has 0 N–H and O–H groups in total. The zero-order chi connectivity index (χ0) is 17.9. The van der Waals surface area contributed by atoms with Crippen LogP contribution in [-0.4, -0.2) is 41.2 Å². The molecule has 26 heavy (non-hydrogen) atoms. The number of hydrogen-bond donors (Lipinski definition) is 0. The Morgan fingerprint density at radius 3 is 2.85 bits per heavy atom. The summed E-state index contributed by atoms with van der Waals surface area (Å²) in [5.74, 6) is -0.0249. The first-order valence-corrected chi connectivity index (χ1v) is 9.31. The van der Waals surface area contributed by atoms with E-state index in [4.69, 9.17) is 9.15 Å². The van der Waals surface area contributed by atoms with Gasteiger partial charge in [0, 0.05) is 6.54 Å². The normalized spacial score (nSPS) is 17.6. The fraction of sp³-hybridized carbons (Fsp3) is 0.263. The molecule has 3 aromatic rings. The van der Waals surface area contributed by atoms with E-state index in [9.17, 15) is 9.18 Å². The van der Waals surface area contributed by atoms with Crippen LogP contribution in [0.2, 0.25) is 0 Å². The van der Waals surface area contributed by atoms with E-state index in [1.807, 2.05) is 24.3 Å². The molecule has 7 heteroatoms. The minimum atomic E-state index is -0.285. The highest BCUT2D eigenvalue weighted by Gasteiger charge is 2.25. The Morgan fingerprint density at radius 2 is 2.04 bits per heavy atom. The third-order valence-electron chi connectivity index (χ3n) is 4.25. The number of nitrogens with zero attached hydrogens (tertiary/aromatic N) is 2. The summed E-state index contributed by atoms with van der Waals surface area (Å²) in [7, 11) is 0. The van der Waals surface area contributed by atoms with Gasteiger partial charge in [0.1, 0.15) is 17.4 Å². The Balaban J connectivity index is 1.37. The summed E-state index contributed by atoms with van der Waals surface area (Å²) in [5.41, 5.74) is 2.37. The maximum absolute atomic E-state index is 13.1. The molecule has 1 atom stereocenters. The molecule has 1 aliphatic rings.